The average molecular weight is 538 g/mol. The summed E-state index contributed by atoms with van der Waals surface area (Å²) in [6, 6.07) is 13.2. The van der Waals surface area contributed by atoms with E-state index in [1.807, 2.05) is 76.2 Å². The molecular weight excluding hydrogens is 502 g/mol. The van der Waals surface area contributed by atoms with Crippen molar-refractivity contribution in [3.8, 4) is 18.1 Å². The number of carbonyl (C=O) groups excluding carboxylic acids is 3. The summed E-state index contributed by atoms with van der Waals surface area (Å²) in [4.78, 5) is 40.7. The van der Waals surface area contributed by atoms with E-state index in [0.717, 1.165) is 16.7 Å². The van der Waals surface area contributed by atoms with Crippen LogP contribution in [0.15, 0.2) is 48.5 Å². The highest BCUT2D eigenvalue weighted by atomic mass is 32.2. The summed E-state index contributed by atoms with van der Waals surface area (Å²) < 4.78 is 5.18. The maximum Gasteiger partial charge on any atom is 0.258 e. The molecule has 202 valence electrons. The number of aliphatic hydroxyl groups is 1. The Morgan fingerprint density at radius 1 is 1.16 bits per heavy atom. The highest BCUT2D eigenvalue weighted by molar-refractivity contribution is 8.00. The quantitative estimate of drug-likeness (QED) is 0.401. The molecule has 0 spiro atoms. The predicted molar refractivity (Wildman–Crippen MR) is 149 cm³/mol. The van der Waals surface area contributed by atoms with E-state index in [0.29, 0.717) is 5.75 Å². The summed E-state index contributed by atoms with van der Waals surface area (Å²) in [7, 11) is 0. The lowest BCUT2D eigenvalue weighted by Crippen LogP contribution is -2.59. The minimum absolute atomic E-state index is 0.0354. The number of amides is 3. The lowest BCUT2D eigenvalue weighted by Gasteiger charge is -2.33. The number of benzene rings is 2. The highest BCUT2D eigenvalue weighted by Crippen LogP contribution is 2.39. The molecule has 0 unspecified atom stereocenters. The number of terminal acetylenes is 1. The van der Waals surface area contributed by atoms with Crippen molar-refractivity contribution in [1.29, 1.82) is 0 Å². The number of hydrogen-bond donors (Lipinski definition) is 3. The van der Waals surface area contributed by atoms with E-state index >= 15 is 0 Å². The van der Waals surface area contributed by atoms with Gasteiger partial charge in [-0.15, -0.1) is 18.2 Å². The van der Waals surface area contributed by atoms with Gasteiger partial charge in [0.25, 0.3) is 11.8 Å². The smallest absolute Gasteiger partial charge is 0.258 e. The molecule has 0 saturated carbocycles. The average Bonchev–Trinajstić information content (AvgIpc) is 3.21. The third-order valence-corrected chi connectivity index (χ3v) is 7.85. The molecule has 3 rings (SSSR count). The van der Waals surface area contributed by atoms with Gasteiger partial charge in [0.1, 0.15) is 11.8 Å². The Balaban J connectivity index is 1.78. The normalized spacial score (nSPS) is 17.7. The van der Waals surface area contributed by atoms with Crippen LogP contribution in [0.4, 0.5) is 0 Å². The summed E-state index contributed by atoms with van der Waals surface area (Å²) >= 11 is 1.44. The maximum absolute atomic E-state index is 13.6. The van der Waals surface area contributed by atoms with Gasteiger partial charge in [0, 0.05) is 4.75 Å². The van der Waals surface area contributed by atoms with Crippen LogP contribution in [0.1, 0.15) is 30.5 Å². The molecule has 0 aliphatic carbocycles. The van der Waals surface area contributed by atoms with E-state index in [4.69, 9.17) is 11.2 Å². The van der Waals surface area contributed by atoms with Gasteiger partial charge in [0.05, 0.1) is 18.5 Å². The molecule has 2 aromatic carbocycles. The Bertz CT molecular complexity index is 1170. The van der Waals surface area contributed by atoms with E-state index in [9.17, 15) is 19.5 Å². The number of nitrogens with one attached hydrogen (secondary N) is 2. The van der Waals surface area contributed by atoms with Crippen LogP contribution in [0.2, 0.25) is 0 Å². The minimum atomic E-state index is -1.59. The number of nitrogens with zero attached hydrogens (tertiary/aromatic N) is 1. The van der Waals surface area contributed by atoms with Crippen LogP contribution < -0.4 is 15.4 Å². The van der Waals surface area contributed by atoms with Gasteiger partial charge in [-0.2, -0.15) is 0 Å². The van der Waals surface area contributed by atoms with E-state index in [2.05, 4.69) is 16.6 Å². The van der Waals surface area contributed by atoms with Crippen molar-refractivity contribution in [2.24, 2.45) is 0 Å². The molecule has 1 aliphatic rings. The Kier molecular flexibility index (Phi) is 9.84. The number of aliphatic hydroxyl groups excluding tert-OH is 1. The molecule has 38 heavy (non-hydrogen) atoms. The lowest BCUT2D eigenvalue weighted by atomic mass is 9.97. The third kappa shape index (κ3) is 7.09. The number of ether oxygens (including phenoxy) is 1. The van der Waals surface area contributed by atoms with Gasteiger partial charge in [0.2, 0.25) is 5.91 Å². The Hall–Kier alpha value is -3.48. The Morgan fingerprint density at radius 2 is 1.82 bits per heavy atom. The number of para-hydroxylation sites is 1. The van der Waals surface area contributed by atoms with Crippen molar-refractivity contribution in [3.63, 3.8) is 0 Å². The minimum Gasteiger partial charge on any atom is -0.483 e. The van der Waals surface area contributed by atoms with Gasteiger partial charge in [0.15, 0.2) is 12.7 Å². The zero-order chi connectivity index (χ0) is 27.9. The molecule has 1 saturated heterocycles. The number of thioether (sulfide) groups is 1. The summed E-state index contributed by atoms with van der Waals surface area (Å²) in [6.07, 6.45) is 3.91. The first-order valence-corrected chi connectivity index (χ1v) is 13.4. The van der Waals surface area contributed by atoms with Gasteiger partial charge in [-0.05, 0) is 50.8 Å². The van der Waals surface area contributed by atoms with Crippen LogP contribution in [0.5, 0.6) is 5.75 Å². The van der Waals surface area contributed by atoms with Crippen LogP contribution in [0.25, 0.3) is 0 Å². The lowest BCUT2D eigenvalue weighted by molar-refractivity contribution is -0.147. The fourth-order valence-electron chi connectivity index (χ4n) is 4.51. The van der Waals surface area contributed by atoms with E-state index in [-0.39, 0.29) is 31.4 Å². The number of hydrogen-bond acceptors (Lipinski definition) is 6. The van der Waals surface area contributed by atoms with Crippen LogP contribution in [-0.2, 0) is 20.8 Å². The van der Waals surface area contributed by atoms with E-state index in [1.165, 1.54) is 16.7 Å². The summed E-state index contributed by atoms with van der Waals surface area (Å²) in [5.74, 6) is 1.71. The van der Waals surface area contributed by atoms with Crippen molar-refractivity contribution in [3.05, 3.63) is 65.2 Å². The Labute approximate surface area is 228 Å². The first kappa shape index (κ1) is 29.1. The van der Waals surface area contributed by atoms with Crippen LogP contribution in [-0.4, -0.2) is 69.7 Å². The predicted octanol–water partition coefficient (Wildman–Crippen LogP) is 2.20. The molecule has 8 nitrogen and oxygen atoms in total. The molecule has 0 radical (unpaired) electrons. The third-order valence-electron chi connectivity index (χ3n) is 6.48. The number of carbonyl (C=O) groups is 3. The van der Waals surface area contributed by atoms with E-state index < -0.39 is 34.7 Å². The molecule has 1 heterocycles. The zero-order valence-corrected chi connectivity index (χ0v) is 23.0. The van der Waals surface area contributed by atoms with Gasteiger partial charge in [-0.25, -0.2) is 0 Å². The van der Waals surface area contributed by atoms with Crippen molar-refractivity contribution in [2.45, 2.75) is 57.1 Å². The number of rotatable bonds is 10. The van der Waals surface area contributed by atoms with Crippen molar-refractivity contribution < 1.29 is 24.2 Å². The molecule has 3 amide bonds. The van der Waals surface area contributed by atoms with Crippen LogP contribution >= 0.6 is 11.8 Å². The van der Waals surface area contributed by atoms with Gasteiger partial charge in [-0.3, -0.25) is 14.4 Å². The molecule has 9 heteroatoms. The van der Waals surface area contributed by atoms with Gasteiger partial charge < -0.3 is 25.4 Å². The highest BCUT2D eigenvalue weighted by Gasteiger charge is 2.49. The topological polar surface area (TPSA) is 108 Å². The standard InChI is InChI=1S/C29H35N3O5S/c1-6-15-30-27(35)26-29(4,5)38-18-32(26)28(36)24(34)22(16-21-13-8-7-9-14-21)31-23(33)17-37-25-19(2)11-10-12-20(25)3/h1,7-14,22,24,26,34H,15-18H2,2-5H3,(H,30,35)(H,31,33)/t22-,24-,26+/m0/s1. The fourth-order valence-corrected chi connectivity index (χ4v) is 5.65. The first-order chi connectivity index (χ1) is 18.0. The Morgan fingerprint density at radius 3 is 2.45 bits per heavy atom. The second-order valence-corrected chi connectivity index (χ2v) is 11.4. The second kappa shape index (κ2) is 12.9. The molecule has 0 aromatic heterocycles. The SMILES string of the molecule is C#CCNC(=O)[C@H]1N(C(=O)[C@@H](O)[C@H](Cc2ccccc2)NC(=O)COc2c(C)cccc2C)CSC1(C)C. The molecule has 3 N–H and O–H groups in total. The molecule has 1 fully saturated rings. The zero-order valence-electron chi connectivity index (χ0n) is 22.2. The molecule has 1 aliphatic heterocycles. The van der Waals surface area contributed by atoms with Gasteiger partial charge >= 0.3 is 0 Å². The molecule has 3 atom stereocenters. The van der Waals surface area contributed by atoms with Crippen molar-refractivity contribution in [1.82, 2.24) is 15.5 Å². The number of aryl methyl sites for hydroxylation is 2. The molecular formula is C29H35N3O5S. The van der Waals surface area contributed by atoms with Crippen molar-refractivity contribution in [2.75, 3.05) is 19.0 Å². The molecule has 0 bridgehead atoms. The monoisotopic (exact) mass is 537 g/mol. The van der Waals surface area contributed by atoms with Crippen LogP contribution in [0.3, 0.4) is 0 Å². The van der Waals surface area contributed by atoms with Crippen LogP contribution in [0, 0.1) is 26.2 Å². The fraction of sp³-hybridized carbons (Fsp3) is 0.414. The largest absolute Gasteiger partial charge is 0.483 e. The van der Waals surface area contributed by atoms with E-state index in [1.54, 1.807) is 0 Å². The summed E-state index contributed by atoms with van der Waals surface area (Å²) in [6.45, 7) is 7.28. The van der Waals surface area contributed by atoms with Crippen molar-refractivity contribution >= 4 is 29.5 Å². The maximum atomic E-state index is 13.6. The first-order valence-electron chi connectivity index (χ1n) is 12.4. The molecule has 2 aromatic rings. The second-order valence-electron chi connectivity index (χ2n) is 9.83. The summed E-state index contributed by atoms with van der Waals surface area (Å²) in [5, 5.41) is 16.7. The van der Waals surface area contributed by atoms with Gasteiger partial charge in [-0.1, -0.05) is 54.5 Å². The summed E-state index contributed by atoms with van der Waals surface area (Å²) in [5.41, 5.74) is 2.63.